The van der Waals surface area contributed by atoms with E-state index < -0.39 is 0 Å². The molecule has 3 nitrogen and oxygen atoms in total. The molecule has 1 saturated heterocycles. The molecule has 1 unspecified atom stereocenters. The second kappa shape index (κ2) is 6.48. The van der Waals surface area contributed by atoms with Crippen LogP contribution in [0, 0.1) is 11.7 Å². The van der Waals surface area contributed by atoms with Crippen LogP contribution in [0.4, 0.5) is 10.1 Å². The van der Waals surface area contributed by atoms with Crippen molar-refractivity contribution >= 4 is 24.2 Å². The van der Waals surface area contributed by atoms with Gasteiger partial charge in [0, 0.05) is 26.2 Å². The Morgan fingerprint density at radius 1 is 1.20 bits per heavy atom. The fourth-order valence-corrected chi connectivity index (χ4v) is 2.51. The van der Waals surface area contributed by atoms with E-state index in [1.54, 1.807) is 12.1 Å². The molecule has 0 spiro atoms. The second-order valence-corrected chi connectivity index (χ2v) is 6.01. The number of amides is 1. The maximum absolute atomic E-state index is 13.7. The molecule has 0 N–H and O–H groups in total. The zero-order valence-electron chi connectivity index (χ0n) is 11.9. The Morgan fingerprint density at radius 3 is 2.35 bits per heavy atom. The fourth-order valence-electron chi connectivity index (χ4n) is 2.35. The van der Waals surface area contributed by atoms with Gasteiger partial charge in [0.2, 0.25) is 5.91 Å². The average molecular weight is 296 g/mol. The molecule has 1 aliphatic heterocycles. The van der Waals surface area contributed by atoms with Crippen molar-refractivity contribution in [1.29, 1.82) is 0 Å². The molecule has 0 aromatic heterocycles. The number of halogens is 1. The molecule has 2 rings (SSSR count). The standard InChI is InChI=1S/C15H21FN2OS/c1-11(2)14(20)15(19)18-9-7-17(8-10-18)13-6-4-3-5-12(13)16/h3-6,11,14,20H,7-10H2,1-2H3. The number of hydrogen-bond acceptors (Lipinski definition) is 3. The summed E-state index contributed by atoms with van der Waals surface area (Å²) >= 11 is 4.37. The van der Waals surface area contributed by atoms with E-state index in [-0.39, 0.29) is 22.9 Å². The van der Waals surface area contributed by atoms with Crippen molar-refractivity contribution in [1.82, 2.24) is 4.90 Å². The van der Waals surface area contributed by atoms with Crippen LogP contribution in [0.3, 0.4) is 0 Å². The fraction of sp³-hybridized carbons (Fsp3) is 0.533. The molecule has 0 aliphatic carbocycles. The van der Waals surface area contributed by atoms with E-state index >= 15 is 0 Å². The number of anilines is 1. The lowest BCUT2D eigenvalue weighted by atomic mass is 10.1. The van der Waals surface area contributed by atoms with Crippen LogP contribution in [-0.2, 0) is 4.79 Å². The predicted octanol–water partition coefficient (Wildman–Crippen LogP) is 2.43. The topological polar surface area (TPSA) is 23.6 Å². The first kappa shape index (κ1) is 15.2. The van der Waals surface area contributed by atoms with Gasteiger partial charge in [0.1, 0.15) is 5.82 Å². The molecular formula is C15H21FN2OS. The number of carbonyl (C=O) groups is 1. The van der Waals surface area contributed by atoms with Crippen LogP contribution in [0.5, 0.6) is 0 Å². The minimum absolute atomic E-state index is 0.0801. The van der Waals surface area contributed by atoms with E-state index in [0.29, 0.717) is 31.9 Å². The highest BCUT2D eigenvalue weighted by Crippen LogP contribution is 2.21. The third-order valence-corrected chi connectivity index (χ3v) is 4.49. The summed E-state index contributed by atoms with van der Waals surface area (Å²) in [5, 5.41) is -0.255. The first-order valence-corrected chi connectivity index (χ1v) is 7.48. The van der Waals surface area contributed by atoms with Gasteiger partial charge < -0.3 is 9.80 Å². The Bertz CT molecular complexity index is 473. The van der Waals surface area contributed by atoms with E-state index in [9.17, 15) is 9.18 Å². The van der Waals surface area contributed by atoms with Gasteiger partial charge in [-0.25, -0.2) is 4.39 Å². The zero-order valence-corrected chi connectivity index (χ0v) is 12.8. The van der Waals surface area contributed by atoms with E-state index in [1.165, 1.54) is 6.07 Å². The third-order valence-electron chi connectivity index (χ3n) is 3.67. The van der Waals surface area contributed by atoms with Crippen LogP contribution in [-0.4, -0.2) is 42.2 Å². The average Bonchev–Trinajstić information content (AvgIpc) is 2.46. The summed E-state index contributed by atoms with van der Waals surface area (Å²) in [5.74, 6) is 0.0912. The van der Waals surface area contributed by atoms with Gasteiger partial charge in [0.05, 0.1) is 10.9 Å². The smallest absolute Gasteiger partial charge is 0.235 e. The molecular weight excluding hydrogens is 275 g/mol. The Hall–Kier alpha value is -1.23. The lowest BCUT2D eigenvalue weighted by Crippen LogP contribution is -2.51. The molecule has 110 valence electrons. The first-order chi connectivity index (χ1) is 9.50. The Balaban J connectivity index is 1.96. The number of rotatable bonds is 3. The highest BCUT2D eigenvalue weighted by Gasteiger charge is 2.27. The Labute approximate surface area is 125 Å². The molecule has 0 saturated carbocycles. The normalized spacial score (nSPS) is 17.4. The van der Waals surface area contributed by atoms with E-state index in [0.717, 1.165) is 0 Å². The molecule has 1 amide bonds. The van der Waals surface area contributed by atoms with Crippen LogP contribution in [0.15, 0.2) is 24.3 Å². The minimum atomic E-state index is -0.255. The maximum Gasteiger partial charge on any atom is 0.235 e. The van der Waals surface area contributed by atoms with Crippen LogP contribution in [0.1, 0.15) is 13.8 Å². The molecule has 1 aromatic carbocycles. The summed E-state index contributed by atoms with van der Waals surface area (Å²) in [6.07, 6.45) is 0. The summed E-state index contributed by atoms with van der Waals surface area (Å²) in [7, 11) is 0. The number of piperazine rings is 1. The quantitative estimate of drug-likeness (QED) is 0.866. The number of nitrogens with zero attached hydrogens (tertiary/aromatic N) is 2. The molecule has 1 aliphatic rings. The summed E-state index contributed by atoms with van der Waals surface area (Å²) in [6, 6.07) is 6.77. The number of thiol groups is 1. The van der Waals surface area contributed by atoms with Crippen molar-refractivity contribution in [3.63, 3.8) is 0 Å². The largest absolute Gasteiger partial charge is 0.366 e. The number of benzene rings is 1. The molecule has 1 fully saturated rings. The third kappa shape index (κ3) is 3.26. The number of para-hydroxylation sites is 1. The molecule has 5 heteroatoms. The Morgan fingerprint density at radius 2 is 1.80 bits per heavy atom. The summed E-state index contributed by atoms with van der Waals surface area (Å²) < 4.78 is 13.7. The number of carbonyl (C=O) groups excluding carboxylic acids is 1. The molecule has 1 heterocycles. The predicted molar refractivity (Wildman–Crippen MR) is 82.8 cm³/mol. The monoisotopic (exact) mass is 296 g/mol. The van der Waals surface area contributed by atoms with Gasteiger partial charge in [-0.05, 0) is 18.1 Å². The van der Waals surface area contributed by atoms with E-state index in [1.807, 2.05) is 29.7 Å². The molecule has 0 bridgehead atoms. The zero-order chi connectivity index (χ0) is 14.7. The molecule has 20 heavy (non-hydrogen) atoms. The van der Waals surface area contributed by atoms with Crippen molar-refractivity contribution in [3.8, 4) is 0 Å². The van der Waals surface area contributed by atoms with Crippen molar-refractivity contribution < 1.29 is 9.18 Å². The van der Waals surface area contributed by atoms with Crippen LogP contribution in [0.25, 0.3) is 0 Å². The van der Waals surface area contributed by atoms with Gasteiger partial charge in [-0.3, -0.25) is 4.79 Å². The van der Waals surface area contributed by atoms with Gasteiger partial charge in [-0.15, -0.1) is 0 Å². The summed E-state index contributed by atoms with van der Waals surface area (Å²) in [6.45, 7) is 6.54. The molecule has 0 radical (unpaired) electrons. The summed E-state index contributed by atoms with van der Waals surface area (Å²) in [4.78, 5) is 16.0. The van der Waals surface area contributed by atoms with Crippen molar-refractivity contribution in [2.75, 3.05) is 31.1 Å². The van der Waals surface area contributed by atoms with Crippen LogP contribution in [0.2, 0.25) is 0 Å². The van der Waals surface area contributed by atoms with Gasteiger partial charge in [0.25, 0.3) is 0 Å². The number of hydrogen-bond donors (Lipinski definition) is 1. The van der Waals surface area contributed by atoms with Crippen LogP contribution >= 0.6 is 12.6 Å². The molecule has 1 atom stereocenters. The van der Waals surface area contributed by atoms with Crippen molar-refractivity contribution in [2.24, 2.45) is 5.92 Å². The SMILES string of the molecule is CC(C)C(S)C(=O)N1CCN(c2ccccc2F)CC1. The van der Waals surface area contributed by atoms with Gasteiger partial charge in [0.15, 0.2) is 0 Å². The first-order valence-electron chi connectivity index (χ1n) is 6.97. The maximum atomic E-state index is 13.7. The van der Waals surface area contributed by atoms with Gasteiger partial charge >= 0.3 is 0 Å². The van der Waals surface area contributed by atoms with Crippen molar-refractivity contribution in [3.05, 3.63) is 30.1 Å². The van der Waals surface area contributed by atoms with Gasteiger partial charge in [-0.1, -0.05) is 26.0 Å². The van der Waals surface area contributed by atoms with E-state index in [4.69, 9.17) is 0 Å². The van der Waals surface area contributed by atoms with Crippen LogP contribution < -0.4 is 4.90 Å². The highest BCUT2D eigenvalue weighted by molar-refractivity contribution is 7.81. The van der Waals surface area contributed by atoms with Crippen molar-refractivity contribution in [2.45, 2.75) is 19.1 Å². The highest BCUT2D eigenvalue weighted by atomic mass is 32.1. The second-order valence-electron chi connectivity index (χ2n) is 5.45. The molecule has 1 aromatic rings. The van der Waals surface area contributed by atoms with Gasteiger partial charge in [-0.2, -0.15) is 12.6 Å². The minimum Gasteiger partial charge on any atom is -0.366 e. The lowest BCUT2D eigenvalue weighted by molar-refractivity contribution is -0.131. The Kier molecular flexibility index (Phi) is 4.91. The summed E-state index contributed by atoms with van der Waals surface area (Å²) in [5.41, 5.74) is 0.617. The lowest BCUT2D eigenvalue weighted by Gasteiger charge is -2.37. The van der Waals surface area contributed by atoms with E-state index in [2.05, 4.69) is 12.6 Å².